The SMILES string of the molecule is CNC(C)CNC(=O)c1ccc(S(=O)(=O)Nc2ccccc2OC)cc1.Cl. The van der Waals surface area contributed by atoms with Crippen LogP contribution in [0.25, 0.3) is 0 Å². The molecule has 0 fully saturated rings. The van der Waals surface area contributed by atoms with Gasteiger partial charge in [-0.15, -0.1) is 12.4 Å². The summed E-state index contributed by atoms with van der Waals surface area (Å²) in [5.41, 5.74) is 0.738. The predicted molar refractivity (Wildman–Crippen MR) is 108 cm³/mol. The number of carbonyl (C=O) groups is 1. The maximum atomic E-state index is 12.5. The molecule has 1 atom stereocenters. The van der Waals surface area contributed by atoms with Crippen molar-refractivity contribution in [1.29, 1.82) is 0 Å². The maximum Gasteiger partial charge on any atom is 0.262 e. The van der Waals surface area contributed by atoms with Gasteiger partial charge in [0.2, 0.25) is 0 Å². The van der Waals surface area contributed by atoms with Gasteiger partial charge in [0.05, 0.1) is 17.7 Å². The standard InChI is InChI=1S/C18H23N3O4S.ClH/c1-13(19-2)12-20-18(22)14-8-10-15(11-9-14)26(23,24)21-16-6-4-5-7-17(16)25-3;/h4-11,13,19,21H,12H2,1-3H3,(H,20,22);1H. The van der Waals surface area contributed by atoms with E-state index in [9.17, 15) is 13.2 Å². The molecule has 0 bridgehead atoms. The first-order valence-corrected chi connectivity index (χ1v) is 9.57. The topological polar surface area (TPSA) is 96.5 Å². The molecule has 0 heterocycles. The molecule has 0 saturated heterocycles. The van der Waals surface area contributed by atoms with Crippen LogP contribution in [0.4, 0.5) is 5.69 Å². The number of sulfonamides is 1. The summed E-state index contributed by atoms with van der Waals surface area (Å²) in [6.07, 6.45) is 0. The highest BCUT2D eigenvalue weighted by Gasteiger charge is 2.17. The lowest BCUT2D eigenvalue weighted by Gasteiger charge is -2.13. The van der Waals surface area contributed by atoms with Crippen molar-refractivity contribution < 1.29 is 17.9 Å². The fraction of sp³-hybridized carbons (Fsp3) is 0.278. The van der Waals surface area contributed by atoms with Crippen LogP contribution in [-0.4, -0.2) is 41.1 Å². The zero-order valence-corrected chi connectivity index (χ0v) is 17.0. The lowest BCUT2D eigenvalue weighted by molar-refractivity contribution is 0.0950. The summed E-state index contributed by atoms with van der Waals surface area (Å²) in [6, 6.07) is 12.6. The highest BCUT2D eigenvalue weighted by molar-refractivity contribution is 7.92. The van der Waals surface area contributed by atoms with Gasteiger partial charge < -0.3 is 15.4 Å². The highest BCUT2D eigenvalue weighted by Crippen LogP contribution is 2.26. The van der Waals surface area contributed by atoms with Crippen molar-refractivity contribution in [2.45, 2.75) is 17.9 Å². The summed E-state index contributed by atoms with van der Waals surface area (Å²) in [6.45, 7) is 2.42. The zero-order chi connectivity index (χ0) is 19.2. The summed E-state index contributed by atoms with van der Waals surface area (Å²) in [4.78, 5) is 12.1. The molecule has 3 N–H and O–H groups in total. The number of nitrogens with one attached hydrogen (secondary N) is 3. The van der Waals surface area contributed by atoms with Crippen LogP contribution in [0.1, 0.15) is 17.3 Å². The Kier molecular flexibility index (Phi) is 8.55. The van der Waals surface area contributed by atoms with Crippen LogP contribution in [0.5, 0.6) is 5.75 Å². The molecular weight excluding hydrogens is 390 g/mol. The summed E-state index contributed by atoms with van der Waals surface area (Å²) in [7, 11) is -0.511. The minimum atomic E-state index is -3.79. The van der Waals surface area contributed by atoms with Gasteiger partial charge in [0.25, 0.3) is 15.9 Å². The number of anilines is 1. The molecule has 0 aliphatic rings. The van der Waals surface area contributed by atoms with E-state index in [1.54, 1.807) is 24.3 Å². The Bertz CT molecular complexity index is 857. The zero-order valence-electron chi connectivity index (χ0n) is 15.4. The minimum absolute atomic E-state index is 0. The van der Waals surface area contributed by atoms with Gasteiger partial charge in [-0.3, -0.25) is 9.52 Å². The number of hydrogen-bond donors (Lipinski definition) is 3. The van der Waals surface area contributed by atoms with Crippen molar-refractivity contribution in [2.75, 3.05) is 25.4 Å². The molecule has 0 radical (unpaired) electrons. The second-order valence-corrected chi connectivity index (χ2v) is 7.41. The first kappa shape index (κ1) is 22.8. The molecule has 27 heavy (non-hydrogen) atoms. The third kappa shape index (κ3) is 6.13. The lowest BCUT2D eigenvalue weighted by Crippen LogP contribution is -2.37. The normalized spacial score (nSPS) is 11.8. The number of methoxy groups -OCH3 is 1. The van der Waals surface area contributed by atoms with Gasteiger partial charge in [-0.1, -0.05) is 12.1 Å². The molecule has 1 unspecified atom stereocenters. The molecule has 0 aliphatic heterocycles. The molecule has 148 valence electrons. The predicted octanol–water partition coefficient (Wildman–Crippen LogP) is 2.26. The first-order valence-electron chi connectivity index (χ1n) is 8.08. The van der Waals surface area contributed by atoms with Crippen molar-refractivity contribution in [3.8, 4) is 5.75 Å². The van der Waals surface area contributed by atoms with Crippen LogP contribution in [0.2, 0.25) is 0 Å². The molecule has 0 aromatic heterocycles. The molecule has 0 saturated carbocycles. The molecule has 1 amide bonds. The van der Waals surface area contributed by atoms with Gasteiger partial charge in [-0.25, -0.2) is 8.42 Å². The molecular formula is C18H24ClN3O4S. The van der Waals surface area contributed by atoms with E-state index in [4.69, 9.17) is 4.74 Å². The molecule has 2 rings (SSSR count). The Morgan fingerprint density at radius 1 is 1.11 bits per heavy atom. The smallest absolute Gasteiger partial charge is 0.262 e. The number of para-hydroxylation sites is 2. The average Bonchev–Trinajstić information content (AvgIpc) is 2.66. The molecule has 2 aromatic carbocycles. The largest absolute Gasteiger partial charge is 0.495 e. The number of halogens is 1. The van der Waals surface area contributed by atoms with E-state index in [2.05, 4.69) is 15.4 Å². The van der Waals surface area contributed by atoms with Crippen LogP contribution < -0.4 is 20.1 Å². The number of hydrogen-bond acceptors (Lipinski definition) is 5. The molecule has 0 spiro atoms. The Morgan fingerprint density at radius 2 is 1.74 bits per heavy atom. The number of ether oxygens (including phenoxy) is 1. The summed E-state index contributed by atoms with van der Waals surface area (Å²) < 4.78 is 32.7. The van der Waals surface area contributed by atoms with Gasteiger partial charge in [0.1, 0.15) is 5.75 Å². The van der Waals surface area contributed by atoms with Gasteiger partial charge in [0.15, 0.2) is 0 Å². The summed E-state index contributed by atoms with van der Waals surface area (Å²) in [5, 5.41) is 5.80. The third-order valence-electron chi connectivity index (χ3n) is 3.84. The number of benzene rings is 2. The van der Waals surface area contributed by atoms with Crippen molar-refractivity contribution in [3.63, 3.8) is 0 Å². The van der Waals surface area contributed by atoms with E-state index in [0.29, 0.717) is 23.5 Å². The number of carbonyl (C=O) groups excluding carboxylic acids is 1. The van der Waals surface area contributed by atoms with E-state index >= 15 is 0 Å². The Labute approximate surface area is 166 Å². The van der Waals surface area contributed by atoms with Crippen LogP contribution in [-0.2, 0) is 10.0 Å². The van der Waals surface area contributed by atoms with Gasteiger partial charge >= 0.3 is 0 Å². The van der Waals surface area contributed by atoms with E-state index in [0.717, 1.165) is 0 Å². The van der Waals surface area contributed by atoms with Crippen molar-refractivity contribution in [3.05, 3.63) is 54.1 Å². The van der Waals surface area contributed by atoms with Crippen molar-refractivity contribution in [2.24, 2.45) is 0 Å². The average molecular weight is 414 g/mol. The van der Waals surface area contributed by atoms with Crippen LogP contribution in [0, 0.1) is 0 Å². The van der Waals surface area contributed by atoms with E-state index in [1.807, 2.05) is 14.0 Å². The summed E-state index contributed by atoms with van der Waals surface area (Å²) >= 11 is 0. The van der Waals surface area contributed by atoms with E-state index in [1.165, 1.54) is 31.4 Å². The number of likely N-dealkylation sites (N-methyl/N-ethyl adjacent to an activating group) is 1. The lowest BCUT2D eigenvalue weighted by atomic mass is 10.2. The molecule has 0 aliphatic carbocycles. The molecule has 9 heteroatoms. The quantitative estimate of drug-likeness (QED) is 0.616. The second-order valence-electron chi connectivity index (χ2n) is 5.73. The number of amides is 1. The van der Waals surface area contributed by atoms with Gasteiger partial charge in [-0.05, 0) is 50.4 Å². The molecule has 7 nitrogen and oxygen atoms in total. The van der Waals surface area contributed by atoms with Crippen molar-refractivity contribution in [1.82, 2.24) is 10.6 Å². The highest BCUT2D eigenvalue weighted by atomic mass is 35.5. The first-order chi connectivity index (χ1) is 12.4. The summed E-state index contributed by atoms with van der Waals surface area (Å²) in [5.74, 6) is 0.166. The second kappa shape index (κ2) is 10.1. The fourth-order valence-electron chi connectivity index (χ4n) is 2.17. The molecule has 2 aromatic rings. The third-order valence-corrected chi connectivity index (χ3v) is 5.22. The maximum absolute atomic E-state index is 12.5. The van der Waals surface area contributed by atoms with Gasteiger partial charge in [0, 0.05) is 18.2 Å². The van der Waals surface area contributed by atoms with Crippen molar-refractivity contribution >= 4 is 34.0 Å². The monoisotopic (exact) mass is 413 g/mol. The van der Waals surface area contributed by atoms with Gasteiger partial charge in [-0.2, -0.15) is 0 Å². The van der Waals surface area contributed by atoms with Crippen LogP contribution in [0.15, 0.2) is 53.4 Å². The Balaban J connectivity index is 0.00000364. The minimum Gasteiger partial charge on any atom is -0.495 e. The van der Waals surface area contributed by atoms with Crippen LogP contribution in [0.3, 0.4) is 0 Å². The Morgan fingerprint density at radius 3 is 2.33 bits per heavy atom. The van der Waals surface area contributed by atoms with E-state index < -0.39 is 10.0 Å². The number of rotatable bonds is 8. The van der Waals surface area contributed by atoms with E-state index in [-0.39, 0.29) is 29.3 Å². The van der Waals surface area contributed by atoms with Crippen LogP contribution >= 0.6 is 12.4 Å². The Hall–Kier alpha value is -2.29. The fourth-order valence-corrected chi connectivity index (χ4v) is 3.24.